The van der Waals surface area contributed by atoms with Crippen molar-refractivity contribution < 1.29 is 13.2 Å². The highest BCUT2D eigenvalue weighted by Crippen LogP contribution is 2.29. The van der Waals surface area contributed by atoms with Crippen molar-refractivity contribution in [3.8, 4) is 0 Å². The maximum atomic E-state index is 12.7. The van der Waals surface area contributed by atoms with E-state index in [-0.39, 0.29) is 6.04 Å². The van der Waals surface area contributed by atoms with Gasteiger partial charge in [0.1, 0.15) is 5.65 Å². The predicted molar refractivity (Wildman–Crippen MR) is 119 cm³/mol. The maximum absolute atomic E-state index is 12.7. The van der Waals surface area contributed by atoms with Gasteiger partial charge in [0, 0.05) is 58.1 Å². The molecule has 1 aliphatic rings. The van der Waals surface area contributed by atoms with Crippen LogP contribution in [0.25, 0.3) is 5.65 Å². The molecule has 0 saturated carbocycles. The van der Waals surface area contributed by atoms with Crippen LogP contribution in [0.15, 0.2) is 59.9 Å². The number of rotatable bonds is 6. The highest BCUT2D eigenvalue weighted by atomic mass is 19.4. The van der Waals surface area contributed by atoms with E-state index in [4.69, 9.17) is 0 Å². The monoisotopic (exact) mass is 444 g/mol. The number of hydrogen-bond donors (Lipinski definition) is 2. The molecule has 0 spiro atoms. The SMILES string of the molecule is CN=C(NCCc1cn2ccccc2n1)NC1CCN(Cc2ccc(C(F)(F)F)cc2)C1. The summed E-state index contributed by atoms with van der Waals surface area (Å²) >= 11 is 0. The number of fused-ring (bicyclic) bond motifs is 1. The molecule has 1 fully saturated rings. The minimum Gasteiger partial charge on any atom is -0.356 e. The van der Waals surface area contributed by atoms with Gasteiger partial charge in [0.25, 0.3) is 0 Å². The quantitative estimate of drug-likeness (QED) is 0.452. The number of aromatic nitrogens is 2. The van der Waals surface area contributed by atoms with Gasteiger partial charge in [-0.2, -0.15) is 13.2 Å². The summed E-state index contributed by atoms with van der Waals surface area (Å²) in [7, 11) is 1.75. The number of benzene rings is 1. The number of imidazole rings is 1. The van der Waals surface area contributed by atoms with Crippen molar-refractivity contribution in [3.63, 3.8) is 0 Å². The lowest BCUT2D eigenvalue weighted by atomic mass is 10.1. The zero-order valence-electron chi connectivity index (χ0n) is 17.9. The van der Waals surface area contributed by atoms with Crippen molar-refractivity contribution in [2.75, 3.05) is 26.7 Å². The molecule has 6 nitrogen and oxygen atoms in total. The third-order valence-electron chi connectivity index (χ3n) is 5.61. The van der Waals surface area contributed by atoms with Gasteiger partial charge < -0.3 is 15.0 Å². The van der Waals surface area contributed by atoms with Gasteiger partial charge >= 0.3 is 6.18 Å². The van der Waals surface area contributed by atoms with Crippen molar-refractivity contribution in [2.45, 2.75) is 31.6 Å². The summed E-state index contributed by atoms with van der Waals surface area (Å²) in [6.45, 7) is 3.05. The largest absolute Gasteiger partial charge is 0.416 e. The van der Waals surface area contributed by atoms with Gasteiger partial charge in [0.2, 0.25) is 0 Å². The lowest BCUT2D eigenvalue weighted by molar-refractivity contribution is -0.137. The lowest BCUT2D eigenvalue weighted by Crippen LogP contribution is -2.45. The number of nitrogens with one attached hydrogen (secondary N) is 2. The van der Waals surface area contributed by atoms with Crippen molar-refractivity contribution in [3.05, 3.63) is 71.7 Å². The van der Waals surface area contributed by atoms with Crippen molar-refractivity contribution in [1.82, 2.24) is 24.9 Å². The minimum absolute atomic E-state index is 0.242. The first-order valence-electron chi connectivity index (χ1n) is 10.7. The first kappa shape index (κ1) is 22.1. The average Bonchev–Trinajstić information content (AvgIpc) is 3.39. The van der Waals surface area contributed by atoms with E-state index >= 15 is 0 Å². The van der Waals surface area contributed by atoms with Crippen LogP contribution >= 0.6 is 0 Å². The molecule has 1 atom stereocenters. The summed E-state index contributed by atoms with van der Waals surface area (Å²) in [6.07, 6.45) is 1.45. The van der Waals surface area contributed by atoms with Crippen LogP contribution in [0.1, 0.15) is 23.2 Å². The highest BCUT2D eigenvalue weighted by molar-refractivity contribution is 5.80. The summed E-state index contributed by atoms with van der Waals surface area (Å²) < 4.78 is 40.2. The van der Waals surface area contributed by atoms with E-state index in [9.17, 15) is 13.2 Å². The van der Waals surface area contributed by atoms with Crippen LogP contribution < -0.4 is 10.6 Å². The first-order chi connectivity index (χ1) is 15.4. The molecular formula is C23H27F3N6. The molecule has 9 heteroatoms. The lowest BCUT2D eigenvalue weighted by Gasteiger charge is -2.19. The third-order valence-corrected chi connectivity index (χ3v) is 5.61. The van der Waals surface area contributed by atoms with Gasteiger partial charge in [-0.3, -0.25) is 9.89 Å². The molecule has 32 heavy (non-hydrogen) atoms. The fourth-order valence-electron chi connectivity index (χ4n) is 3.96. The molecule has 0 amide bonds. The number of alkyl halides is 3. The fraction of sp³-hybridized carbons (Fsp3) is 0.391. The molecule has 0 bridgehead atoms. The Kier molecular flexibility index (Phi) is 6.64. The highest BCUT2D eigenvalue weighted by Gasteiger charge is 2.30. The number of hydrogen-bond acceptors (Lipinski definition) is 3. The summed E-state index contributed by atoms with van der Waals surface area (Å²) in [5.41, 5.74) is 2.22. The second-order valence-electron chi connectivity index (χ2n) is 8.01. The molecule has 2 N–H and O–H groups in total. The van der Waals surface area contributed by atoms with Crippen LogP contribution in [0.3, 0.4) is 0 Å². The second kappa shape index (κ2) is 9.60. The molecule has 1 aliphatic heterocycles. The zero-order valence-corrected chi connectivity index (χ0v) is 17.9. The van der Waals surface area contributed by atoms with Gasteiger partial charge in [-0.1, -0.05) is 18.2 Å². The van der Waals surface area contributed by atoms with E-state index < -0.39 is 11.7 Å². The molecule has 0 radical (unpaired) electrons. The Balaban J connectivity index is 1.22. The van der Waals surface area contributed by atoms with E-state index in [1.54, 1.807) is 19.2 Å². The molecule has 2 aromatic heterocycles. The molecule has 170 valence electrons. The van der Waals surface area contributed by atoms with Crippen LogP contribution in [0.5, 0.6) is 0 Å². The summed E-state index contributed by atoms with van der Waals surface area (Å²) in [6, 6.07) is 11.6. The minimum atomic E-state index is -4.30. The summed E-state index contributed by atoms with van der Waals surface area (Å²) in [5.74, 6) is 0.746. The Morgan fingerprint density at radius 2 is 2.00 bits per heavy atom. The van der Waals surface area contributed by atoms with Crippen molar-refractivity contribution >= 4 is 11.6 Å². The van der Waals surface area contributed by atoms with E-state index in [2.05, 4.69) is 25.5 Å². The molecular weight excluding hydrogens is 417 g/mol. The van der Waals surface area contributed by atoms with E-state index in [0.717, 1.165) is 60.9 Å². The molecule has 1 aromatic carbocycles. The standard InChI is InChI=1S/C23H27F3N6/c1-27-22(28-11-9-19-16-32-12-3-2-4-21(32)29-19)30-20-10-13-31(15-20)14-17-5-7-18(8-6-17)23(24,25)26/h2-8,12,16,20H,9-11,13-15H2,1H3,(H2,27,28,30). The van der Waals surface area contributed by atoms with E-state index in [0.29, 0.717) is 13.1 Å². The average molecular weight is 445 g/mol. The van der Waals surface area contributed by atoms with Crippen LogP contribution in [0.2, 0.25) is 0 Å². The number of nitrogens with zero attached hydrogens (tertiary/aromatic N) is 4. The van der Waals surface area contributed by atoms with Gasteiger partial charge in [-0.25, -0.2) is 4.98 Å². The Morgan fingerprint density at radius 1 is 1.19 bits per heavy atom. The third kappa shape index (κ3) is 5.59. The van der Waals surface area contributed by atoms with Gasteiger partial charge in [0.15, 0.2) is 5.96 Å². The topological polar surface area (TPSA) is 57.0 Å². The normalized spacial score (nSPS) is 17.8. The first-order valence-corrected chi connectivity index (χ1v) is 10.7. The molecule has 4 rings (SSSR count). The predicted octanol–water partition coefficient (Wildman–Crippen LogP) is 3.34. The number of guanidine groups is 1. The second-order valence-corrected chi connectivity index (χ2v) is 8.01. The summed E-state index contributed by atoms with van der Waals surface area (Å²) in [5, 5.41) is 6.78. The van der Waals surface area contributed by atoms with Crippen LogP contribution in [0, 0.1) is 0 Å². The zero-order chi connectivity index (χ0) is 22.6. The molecule has 1 saturated heterocycles. The molecule has 3 aromatic rings. The number of likely N-dealkylation sites (tertiary alicyclic amines) is 1. The smallest absolute Gasteiger partial charge is 0.356 e. The number of aliphatic imine (C=N–C) groups is 1. The Bertz CT molecular complexity index is 1020. The number of pyridine rings is 1. The van der Waals surface area contributed by atoms with Gasteiger partial charge in [-0.15, -0.1) is 0 Å². The van der Waals surface area contributed by atoms with Crippen LogP contribution in [-0.2, 0) is 19.1 Å². The van der Waals surface area contributed by atoms with Crippen LogP contribution in [-0.4, -0.2) is 53.0 Å². The summed E-state index contributed by atoms with van der Waals surface area (Å²) in [4.78, 5) is 11.2. The Morgan fingerprint density at radius 3 is 2.72 bits per heavy atom. The van der Waals surface area contributed by atoms with Crippen molar-refractivity contribution in [1.29, 1.82) is 0 Å². The molecule has 1 unspecified atom stereocenters. The fourth-order valence-corrected chi connectivity index (χ4v) is 3.96. The van der Waals surface area contributed by atoms with E-state index in [1.165, 1.54) is 0 Å². The van der Waals surface area contributed by atoms with E-state index in [1.807, 2.05) is 35.0 Å². The van der Waals surface area contributed by atoms with Gasteiger partial charge in [0.05, 0.1) is 11.3 Å². The van der Waals surface area contributed by atoms with Gasteiger partial charge in [-0.05, 0) is 36.2 Å². The van der Waals surface area contributed by atoms with Crippen molar-refractivity contribution in [2.24, 2.45) is 4.99 Å². The Labute approximate surface area is 185 Å². The molecule has 0 aliphatic carbocycles. The maximum Gasteiger partial charge on any atom is 0.416 e. The number of halogens is 3. The van der Waals surface area contributed by atoms with Crippen LogP contribution in [0.4, 0.5) is 13.2 Å². The molecule has 3 heterocycles. The Hall–Kier alpha value is -3.07.